The summed E-state index contributed by atoms with van der Waals surface area (Å²) in [5, 5.41) is 0. The molecule has 0 aliphatic heterocycles. The summed E-state index contributed by atoms with van der Waals surface area (Å²) in [6.45, 7) is 2.15. The molecule has 164 valence electrons. The van der Waals surface area contributed by atoms with E-state index in [1.54, 1.807) is 54.4 Å². The van der Waals surface area contributed by atoms with E-state index in [1.807, 2.05) is 48.5 Å². The van der Waals surface area contributed by atoms with Crippen molar-refractivity contribution in [3.63, 3.8) is 0 Å². The summed E-state index contributed by atoms with van der Waals surface area (Å²) in [6.07, 6.45) is 6.63. The molecule has 0 heterocycles. The second-order valence-corrected chi connectivity index (χ2v) is 8.49. The molecular weight excluding hydrogens is 418 g/mol. The van der Waals surface area contributed by atoms with Gasteiger partial charge in [-0.15, -0.1) is 0 Å². The number of carbonyl (C=O) groups excluding carboxylic acids is 2. The molecule has 0 radical (unpaired) electrons. The van der Waals surface area contributed by atoms with E-state index in [4.69, 9.17) is 4.84 Å². The molecule has 0 spiro atoms. The van der Waals surface area contributed by atoms with Crippen molar-refractivity contribution in [3.8, 4) is 0 Å². The van der Waals surface area contributed by atoms with Crippen molar-refractivity contribution >= 4 is 29.9 Å². The van der Waals surface area contributed by atoms with E-state index in [9.17, 15) is 9.59 Å². The van der Waals surface area contributed by atoms with Crippen LogP contribution < -0.4 is 0 Å². The Hall–Kier alpha value is -3.18. The average Bonchev–Trinajstić information content (AvgIpc) is 2.84. The van der Waals surface area contributed by atoms with Crippen molar-refractivity contribution in [1.82, 2.24) is 0 Å². The summed E-state index contributed by atoms with van der Waals surface area (Å²) in [5.41, 5.74) is 0.868. The van der Waals surface area contributed by atoms with Crippen LogP contribution in [-0.4, -0.2) is 22.8 Å². The molecule has 0 atom stereocenters. The highest BCUT2D eigenvalue weighted by atomic mass is 32.2. The van der Waals surface area contributed by atoms with E-state index < -0.39 is 5.97 Å². The number of carbonyl (C=O) groups is 2. The molecule has 0 unspecified atom stereocenters. The molecule has 0 fully saturated rings. The average molecular weight is 447 g/mol. The molecule has 0 aromatic heterocycles. The van der Waals surface area contributed by atoms with Crippen LogP contribution in [0.5, 0.6) is 0 Å². The predicted molar refractivity (Wildman–Crippen MR) is 128 cm³/mol. The molecule has 5 heteroatoms. The number of benzene rings is 3. The minimum absolute atomic E-state index is 0.360. The summed E-state index contributed by atoms with van der Waals surface area (Å²) < 4.78 is 1.08. The fourth-order valence-electron chi connectivity index (χ4n) is 3.07. The monoisotopic (exact) mass is 446 g/mol. The summed E-state index contributed by atoms with van der Waals surface area (Å²) in [4.78, 5) is 33.3. The largest absolute Gasteiger partial charge is 0.466 e. The summed E-state index contributed by atoms with van der Waals surface area (Å²) >= 11 is 1.63. The van der Waals surface area contributed by atoms with Crippen molar-refractivity contribution in [2.75, 3.05) is 0 Å². The van der Waals surface area contributed by atoms with Crippen molar-refractivity contribution in [2.45, 2.75) is 48.8 Å². The molecule has 3 aromatic carbocycles. The van der Waals surface area contributed by atoms with Gasteiger partial charge in [-0.2, -0.15) is 4.84 Å². The lowest BCUT2D eigenvalue weighted by molar-refractivity contribution is -0.679. The van der Waals surface area contributed by atoms with Gasteiger partial charge in [0.05, 0.1) is 15.9 Å². The Kier molecular flexibility index (Phi) is 9.26. The topological polar surface area (TPSA) is 46.4 Å². The molecule has 0 aliphatic carbocycles. The first-order valence-electron chi connectivity index (χ1n) is 10.9. The van der Waals surface area contributed by atoms with Crippen LogP contribution in [0.3, 0.4) is 0 Å². The van der Waals surface area contributed by atoms with Gasteiger partial charge in [-0.25, -0.2) is 9.59 Å². The van der Waals surface area contributed by atoms with Gasteiger partial charge in [-0.3, -0.25) is 0 Å². The Morgan fingerprint density at radius 3 is 2.06 bits per heavy atom. The number of hydrogen-bond acceptors (Lipinski definition) is 4. The van der Waals surface area contributed by atoms with Gasteiger partial charge < -0.3 is 0 Å². The molecule has 0 aliphatic rings. The summed E-state index contributed by atoms with van der Waals surface area (Å²) in [5.74, 6) is -0.916. The fourth-order valence-corrected chi connectivity index (χ4v) is 3.91. The Morgan fingerprint density at radius 2 is 1.41 bits per heavy atom. The first-order chi connectivity index (χ1) is 15.7. The summed E-state index contributed by atoms with van der Waals surface area (Å²) in [7, 11) is 0. The lowest BCUT2D eigenvalue weighted by atomic mass is 10.2. The Balaban J connectivity index is 1.73. The van der Waals surface area contributed by atoms with Crippen LogP contribution in [-0.2, 0) is 4.84 Å². The molecule has 0 saturated carbocycles. The fraction of sp³-hybridized carbons (Fsp3) is 0.222. The Bertz CT molecular complexity index is 1030. The normalized spacial score (nSPS) is 11.2. The number of rotatable bonds is 9. The lowest BCUT2D eigenvalue weighted by Crippen LogP contribution is -2.26. The van der Waals surface area contributed by atoms with Gasteiger partial charge in [-0.1, -0.05) is 74.3 Å². The van der Waals surface area contributed by atoms with Crippen LogP contribution in [0.2, 0.25) is 0 Å². The van der Waals surface area contributed by atoms with Crippen molar-refractivity contribution in [1.29, 1.82) is 0 Å². The maximum Gasteiger partial charge on any atom is 0.466 e. The SMILES string of the molecule is CCCCCCC=[N+](OC(=O)c1ccccc1)C(=O)c1ccc(Sc2ccccc2)cc1. The number of nitrogens with zero attached hydrogens (tertiary/aromatic N) is 1. The molecule has 3 aromatic rings. The molecule has 0 saturated heterocycles. The van der Waals surface area contributed by atoms with E-state index in [2.05, 4.69) is 6.92 Å². The van der Waals surface area contributed by atoms with Gasteiger partial charge in [0.2, 0.25) is 6.21 Å². The van der Waals surface area contributed by atoms with Gasteiger partial charge in [0.15, 0.2) is 0 Å². The van der Waals surface area contributed by atoms with E-state index in [-0.39, 0.29) is 5.91 Å². The molecular formula is C27H28NO3S+. The van der Waals surface area contributed by atoms with E-state index in [1.165, 1.54) is 0 Å². The van der Waals surface area contributed by atoms with Crippen molar-refractivity contribution in [3.05, 3.63) is 96.1 Å². The third-order valence-electron chi connectivity index (χ3n) is 4.82. The number of amides is 1. The lowest BCUT2D eigenvalue weighted by Gasteiger charge is -2.03. The molecule has 0 N–H and O–H groups in total. The molecule has 3 rings (SSSR count). The minimum atomic E-state index is -0.556. The second-order valence-electron chi connectivity index (χ2n) is 7.35. The summed E-state index contributed by atoms with van der Waals surface area (Å²) in [6, 6.07) is 26.1. The highest BCUT2D eigenvalue weighted by Crippen LogP contribution is 2.27. The molecule has 0 bridgehead atoms. The van der Waals surface area contributed by atoms with Crippen LogP contribution in [0.4, 0.5) is 0 Å². The van der Waals surface area contributed by atoms with Gasteiger partial charge in [-0.05, 0) is 55.0 Å². The Morgan fingerprint density at radius 1 is 0.781 bits per heavy atom. The third kappa shape index (κ3) is 7.20. The van der Waals surface area contributed by atoms with Crippen molar-refractivity contribution in [2.24, 2.45) is 0 Å². The third-order valence-corrected chi connectivity index (χ3v) is 5.84. The molecule has 4 nitrogen and oxygen atoms in total. The van der Waals surface area contributed by atoms with E-state index in [0.29, 0.717) is 17.5 Å². The molecule has 1 amide bonds. The maximum absolute atomic E-state index is 13.1. The van der Waals surface area contributed by atoms with Crippen LogP contribution in [0.25, 0.3) is 0 Å². The first-order valence-corrected chi connectivity index (χ1v) is 11.8. The minimum Gasteiger partial charge on any atom is -0.239 e. The van der Waals surface area contributed by atoms with Crippen LogP contribution >= 0.6 is 11.8 Å². The zero-order valence-corrected chi connectivity index (χ0v) is 19.1. The predicted octanol–water partition coefficient (Wildman–Crippen LogP) is 6.80. The first kappa shape index (κ1) is 23.5. The second kappa shape index (κ2) is 12.6. The quantitative estimate of drug-likeness (QED) is 0.119. The van der Waals surface area contributed by atoms with Crippen molar-refractivity contribution < 1.29 is 19.2 Å². The van der Waals surface area contributed by atoms with Gasteiger partial charge >= 0.3 is 11.9 Å². The maximum atomic E-state index is 13.1. The van der Waals surface area contributed by atoms with Crippen LogP contribution in [0.15, 0.2) is 94.7 Å². The van der Waals surface area contributed by atoms with Crippen LogP contribution in [0, 0.1) is 0 Å². The zero-order chi connectivity index (χ0) is 22.6. The van der Waals surface area contributed by atoms with Crippen LogP contribution in [0.1, 0.15) is 59.7 Å². The van der Waals surface area contributed by atoms with E-state index >= 15 is 0 Å². The van der Waals surface area contributed by atoms with Gasteiger partial charge in [0.25, 0.3) is 0 Å². The highest BCUT2D eigenvalue weighted by molar-refractivity contribution is 7.99. The number of hydroxylamine groups is 1. The highest BCUT2D eigenvalue weighted by Gasteiger charge is 2.26. The van der Waals surface area contributed by atoms with Gasteiger partial charge in [0, 0.05) is 16.2 Å². The van der Waals surface area contributed by atoms with E-state index in [0.717, 1.165) is 40.2 Å². The Labute approximate surface area is 193 Å². The van der Waals surface area contributed by atoms with Gasteiger partial charge in [0.1, 0.15) is 0 Å². The zero-order valence-electron chi connectivity index (χ0n) is 18.3. The molecule has 32 heavy (non-hydrogen) atoms. The number of unbranched alkanes of at least 4 members (excludes halogenated alkanes) is 4. The smallest absolute Gasteiger partial charge is 0.239 e. The standard InChI is InChI=1S/C27H28NO3S/c1-2-3-4-5-12-21-28(31-27(30)23-13-8-6-9-14-23)26(29)22-17-19-25(20-18-22)32-24-15-10-7-11-16-24/h6-11,13-21H,2-5,12H2,1H3/q+1. The number of hydrogen-bond donors (Lipinski definition) is 0.